The van der Waals surface area contributed by atoms with E-state index in [2.05, 4.69) is 64.8 Å². The van der Waals surface area contributed by atoms with Gasteiger partial charge in [-0.2, -0.15) is 0 Å². The molecular formula is C15H27NO. The molecule has 0 fully saturated rings. The van der Waals surface area contributed by atoms with Gasteiger partial charge >= 0.3 is 0 Å². The minimum atomic E-state index is 0.102. The SMILES string of the molecule is CCOC1=CN(C(C)(C)C)C(C(C)(C)C)C=C1. The monoisotopic (exact) mass is 237 g/mol. The van der Waals surface area contributed by atoms with Gasteiger partial charge in [-0.1, -0.05) is 26.8 Å². The lowest BCUT2D eigenvalue weighted by molar-refractivity contribution is 0.0870. The minimum absolute atomic E-state index is 0.102. The molecule has 2 nitrogen and oxygen atoms in total. The van der Waals surface area contributed by atoms with Gasteiger partial charge in [-0.25, -0.2) is 0 Å². The summed E-state index contributed by atoms with van der Waals surface area (Å²) in [5.41, 5.74) is 0.323. The van der Waals surface area contributed by atoms with Gasteiger partial charge in [0.15, 0.2) is 0 Å². The van der Waals surface area contributed by atoms with Gasteiger partial charge in [0.25, 0.3) is 0 Å². The van der Waals surface area contributed by atoms with Gasteiger partial charge in [-0.15, -0.1) is 0 Å². The Bertz CT molecular complexity index is 315. The summed E-state index contributed by atoms with van der Waals surface area (Å²) < 4.78 is 5.60. The summed E-state index contributed by atoms with van der Waals surface area (Å²) in [6.45, 7) is 16.3. The zero-order chi connectivity index (χ0) is 13.3. The molecule has 17 heavy (non-hydrogen) atoms. The highest BCUT2D eigenvalue weighted by atomic mass is 16.5. The Labute approximate surface area is 106 Å². The average Bonchev–Trinajstić information content (AvgIpc) is 2.15. The lowest BCUT2D eigenvalue weighted by atomic mass is 9.82. The number of nitrogens with zero attached hydrogens (tertiary/aromatic N) is 1. The Hall–Kier alpha value is -0.920. The van der Waals surface area contributed by atoms with Crippen LogP contribution in [0.3, 0.4) is 0 Å². The third-order valence-electron chi connectivity index (χ3n) is 2.98. The molecule has 0 spiro atoms. The van der Waals surface area contributed by atoms with Crippen LogP contribution in [-0.4, -0.2) is 23.1 Å². The smallest absolute Gasteiger partial charge is 0.134 e. The fourth-order valence-corrected chi connectivity index (χ4v) is 2.11. The highest BCUT2D eigenvalue weighted by molar-refractivity contribution is 5.23. The minimum Gasteiger partial charge on any atom is -0.492 e. The van der Waals surface area contributed by atoms with Crippen LogP contribution in [0.2, 0.25) is 0 Å². The van der Waals surface area contributed by atoms with Gasteiger partial charge in [0, 0.05) is 11.7 Å². The first-order chi connectivity index (χ1) is 7.66. The number of hydrogen-bond acceptors (Lipinski definition) is 2. The van der Waals surface area contributed by atoms with Gasteiger partial charge in [0.05, 0.1) is 12.6 Å². The van der Waals surface area contributed by atoms with E-state index in [1.54, 1.807) is 0 Å². The van der Waals surface area contributed by atoms with E-state index in [1.807, 2.05) is 6.92 Å². The first kappa shape index (κ1) is 14.1. The first-order valence-electron chi connectivity index (χ1n) is 6.47. The first-order valence-corrected chi connectivity index (χ1v) is 6.47. The van der Waals surface area contributed by atoms with Crippen LogP contribution in [0.25, 0.3) is 0 Å². The van der Waals surface area contributed by atoms with E-state index < -0.39 is 0 Å². The molecule has 0 aromatic heterocycles. The Morgan fingerprint density at radius 3 is 2.18 bits per heavy atom. The van der Waals surface area contributed by atoms with Crippen molar-refractivity contribution in [2.24, 2.45) is 5.41 Å². The quantitative estimate of drug-likeness (QED) is 0.721. The van der Waals surface area contributed by atoms with Crippen molar-refractivity contribution in [2.75, 3.05) is 6.61 Å². The maximum Gasteiger partial charge on any atom is 0.134 e. The molecule has 98 valence electrons. The average molecular weight is 237 g/mol. The van der Waals surface area contributed by atoms with E-state index in [4.69, 9.17) is 4.74 Å². The lowest BCUT2D eigenvalue weighted by Gasteiger charge is -2.47. The largest absolute Gasteiger partial charge is 0.492 e. The van der Waals surface area contributed by atoms with Gasteiger partial charge in [0.2, 0.25) is 0 Å². The fourth-order valence-electron chi connectivity index (χ4n) is 2.11. The molecule has 0 N–H and O–H groups in total. The number of rotatable bonds is 2. The third kappa shape index (κ3) is 3.52. The van der Waals surface area contributed by atoms with Gasteiger partial charge in [-0.05, 0) is 39.2 Å². The standard InChI is InChI=1S/C15H27NO/c1-8-17-12-9-10-13(14(2,3)4)16(11-12)15(5,6)7/h9-11,13H,8H2,1-7H3. The molecule has 0 saturated carbocycles. The normalized spacial score (nSPS) is 21.5. The van der Waals surface area contributed by atoms with E-state index >= 15 is 0 Å². The highest BCUT2D eigenvalue weighted by Crippen LogP contribution is 2.34. The predicted octanol–water partition coefficient (Wildman–Crippen LogP) is 3.95. The van der Waals surface area contributed by atoms with E-state index in [0.717, 1.165) is 5.76 Å². The second-order valence-corrected chi connectivity index (χ2v) is 6.71. The van der Waals surface area contributed by atoms with Crippen LogP contribution < -0.4 is 0 Å². The maximum absolute atomic E-state index is 5.60. The molecule has 0 aliphatic carbocycles. The van der Waals surface area contributed by atoms with Gasteiger partial charge in [0.1, 0.15) is 5.76 Å². The Balaban J connectivity index is 3.02. The molecule has 0 aromatic rings. The lowest BCUT2D eigenvalue weighted by Crippen LogP contribution is -2.50. The zero-order valence-electron chi connectivity index (χ0n) is 12.4. The van der Waals surface area contributed by atoms with Crippen molar-refractivity contribution in [3.8, 4) is 0 Å². The second-order valence-electron chi connectivity index (χ2n) is 6.71. The van der Waals surface area contributed by atoms with Crippen LogP contribution in [0.5, 0.6) is 0 Å². The van der Waals surface area contributed by atoms with E-state index in [-0.39, 0.29) is 11.0 Å². The highest BCUT2D eigenvalue weighted by Gasteiger charge is 2.34. The summed E-state index contributed by atoms with van der Waals surface area (Å²) in [5.74, 6) is 0.961. The van der Waals surface area contributed by atoms with E-state index in [9.17, 15) is 0 Å². The molecule has 2 heteroatoms. The number of allylic oxidation sites excluding steroid dienone is 1. The van der Waals surface area contributed by atoms with Crippen molar-refractivity contribution < 1.29 is 4.74 Å². The van der Waals surface area contributed by atoms with Crippen molar-refractivity contribution >= 4 is 0 Å². The van der Waals surface area contributed by atoms with Crippen molar-refractivity contribution in [3.05, 3.63) is 24.1 Å². The molecule has 1 aliphatic rings. The van der Waals surface area contributed by atoms with Crippen LogP contribution >= 0.6 is 0 Å². The zero-order valence-corrected chi connectivity index (χ0v) is 12.4. The Morgan fingerprint density at radius 1 is 1.18 bits per heavy atom. The molecule has 1 rings (SSSR count). The summed E-state index contributed by atoms with van der Waals surface area (Å²) >= 11 is 0. The number of hydrogen-bond donors (Lipinski definition) is 0. The van der Waals surface area contributed by atoms with Crippen molar-refractivity contribution in [1.29, 1.82) is 0 Å². The van der Waals surface area contributed by atoms with Crippen LogP contribution in [0.1, 0.15) is 48.5 Å². The summed E-state index contributed by atoms with van der Waals surface area (Å²) in [4.78, 5) is 2.40. The van der Waals surface area contributed by atoms with Crippen LogP contribution in [-0.2, 0) is 4.74 Å². The summed E-state index contributed by atoms with van der Waals surface area (Å²) in [6, 6.07) is 0.409. The van der Waals surface area contributed by atoms with Gasteiger partial charge in [-0.3, -0.25) is 0 Å². The molecule has 1 unspecified atom stereocenters. The molecule has 1 aliphatic heterocycles. The summed E-state index contributed by atoms with van der Waals surface area (Å²) in [5, 5.41) is 0. The second kappa shape index (κ2) is 4.75. The fraction of sp³-hybridized carbons (Fsp3) is 0.733. The predicted molar refractivity (Wildman–Crippen MR) is 73.7 cm³/mol. The molecule has 0 radical (unpaired) electrons. The van der Waals surface area contributed by atoms with Crippen LogP contribution in [0.15, 0.2) is 24.1 Å². The summed E-state index contributed by atoms with van der Waals surface area (Å²) in [6.07, 6.45) is 6.51. The molecule has 0 saturated heterocycles. The van der Waals surface area contributed by atoms with Crippen molar-refractivity contribution in [3.63, 3.8) is 0 Å². The van der Waals surface area contributed by atoms with Crippen LogP contribution in [0, 0.1) is 5.41 Å². The number of ether oxygens (including phenoxy) is 1. The summed E-state index contributed by atoms with van der Waals surface area (Å²) in [7, 11) is 0. The van der Waals surface area contributed by atoms with E-state index in [1.165, 1.54) is 0 Å². The van der Waals surface area contributed by atoms with Crippen LogP contribution in [0.4, 0.5) is 0 Å². The molecule has 1 heterocycles. The topological polar surface area (TPSA) is 12.5 Å². The van der Waals surface area contributed by atoms with Gasteiger partial charge < -0.3 is 9.64 Å². The molecule has 1 atom stereocenters. The molecule has 0 amide bonds. The molecular weight excluding hydrogens is 210 g/mol. The Morgan fingerprint density at radius 2 is 1.76 bits per heavy atom. The third-order valence-corrected chi connectivity index (χ3v) is 2.98. The van der Waals surface area contributed by atoms with Crippen molar-refractivity contribution in [1.82, 2.24) is 4.90 Å². The molecule has 0 aromatic carbocycles. The Kier molecular flexibility index (Phi) is 3.95. The van der Waals surface area contributed by atoms with Crippen molar-refractivity contribution in [2.45, 2.75) is 60.0 Å². The maximum atomic E-state index is 5.60. The molecule has 0 bridgehead atoms. The van der Waals surface area contributed by atoms with E-state index in [0.29, 0.717) is 12.6 Å².